The first-order valence-corrected chi connectivity index (χ1v) is 10.2. The van der Waals surface area contributed by atoms with Gasteiger partial charge in [0.25, 0.3) is 5.91 Å². The van der Waals surface area contributed by atoms with Crippen molar-refractivity contribution in [3.8, 4) is 11.5 Å². The van der Waals surface area contributed by atoms with Crippen molar-refractivity contribution in [3.05, 3.63) is 89.7 Å². The summed E-state index contributed by atoms with van der Waals surface area (Å²) in [5, 5.41) is 0. The van der Waals surface area contributed by atoms with Gasteiger partial charge < -0.3 is 19.1 Å². The Morgan fingerprint density at radius 3 is 2.45 bits per heavy atom. The van der Waals surface area contributed by atoms with Gasteiger partial charge in [-0.1, -0.05) is 24.3 Å². The molecule has 1 aromatic heterocycles. The fraction of sp³-hybridized carbons (Fsp3) is 0.280. The number of aromatic nitrogens is 1. The molecule has 0 spiro atoms. The third-order valence-corrected chi connectivity index (χ3v) is 4.76. The minimum absolute atomic E-state index is 0.0663. The summed E-state index contributed by atoms with van der Waals surface area (Å²) in [4.78, 5) is 19.3. The molecular weight excluding hydrogens is 392 g/mol. The van der Waals surface area contributed by atoms with Gasteiger partial charge in [0.2, 0.25) is 0 Å². The quantitative estimate of drug-likeness (QED) is 0.488. The number of benzene rings is 2. The topological polar surface area (TPSA) is 60.9 Å². The minimum Gasteiger partial charge on any atom is -0.496 e. The van der Waals surface area contributed by atoms with Gasteiger partial charge in [-0.05, 0) is 54.4 Å². The van der Waals surface area contributed by atoms with Crippen molar-refractivity contribution in [2.24, 2.45) is 0 Å². The molecular formula is C25H28N2O4. The van der Waals surface area contributed by atoms with Crippen molar-refractivity contribution < 1.29 is 19.0 Å². The Morgan fingerprint density at radius 2 is 1.71 bits per heavy atom. The number of pyridine rings is 1. The fourth-order valence-electron chi connectivity index (χ4n) is 3.34. The molecule has 1 unspecified atom stereocenters. The van der Waals surface area contributed by atoms with Crippen LogP contribution in [0.4, 0.5) is 0 Å². The van der Waals surface area contributed by atoms with Crippen LogP contribution in [0, 0.1) is 0 Å². The van der Waals surface area contributed by atoms with Gasteiger partial charge in [0.05, 0.1) is 19.3 Å². The molecule has 0 aliphatic rings. The zero-order valence-corrected chi connectivity index (χ0v) is 18.2. The second-order valence-corrected chi connectivity index (χ2v) is 7.25. The summed E-state index contributed by atoms with van der Waals surface area (Å²) < 4.78 is 16.5. The van der Waals surface area contributed by atoms with Crippen molar-refractivity contribution in [2.75, 3.05) is 20.8 Å². The van der Waals surface area contributed by atoms with E-state index in [1.54, 1.807) is 43.6 Å². The summed E-state index contributed by atoms with van der Waals surface area (Å²) in [5.74, 6) is 1.20. The van der Waals surface area contributed by atoms with Gasteiger partial charge in [-0.25, -0.2) is 0 Å². The lowest BCUT2D eigenvalue weighted by molar-refractivity contribution is 0.0725. The predicted molar refractivity (Wildman–Crippen MR) is 119 cm³/mol. The molecule has 6 heteroatoms. The van der Waals surface area contributed by atoms with E-state index in [4.69, 9.17) is 14.2 Å². The Kier molecular flexibility index (Phi) is 8.01. The van der Waals surface area contributed by atoms with E-state index >= 15 is 0 Å². The van der Waals surface area contributed by atoms with Crippen molar-refractivity contribution in [3.63, 3.8) is 0 Å². The number of amides is 1. The number of hydrogen-bond acceptors (Lipinski definition) is 5. The molecule has 0 saturated heterocycles. The summed E-state index contributed by atoms with van der Waals surface area (Å²) in [6.07, 6.45) is 3.39. The highest BCUT2D eigenvalue weighted by molar-refractivity contribution is 5.96. The number of rotatable bonds is 10. The van der Waals surface area contributed by atoms with Gasteiger partial charge in [0, 0.05) is 32.6 Å². The summed E-state index contributed by atoms with van der Waals surface area (Å²) in [6.45, 7) is 3.33. The second kappa shape index (κ2) is 11.1. The van der Waals surface area contributed by atoms with Crippen molar-refractivity contribution in [1.29, 1.82) is 0 Å². The van der Waals surface area contributed by atoms with Crippen molar-refractivity contribution in [1.82, 2.24) is 9.88 Å². The summed E-state index contributed by atoms with van der Waals surface area (Å²) in [5.41, 5.74) is 2.50. The molecule has 0 N–H and O–H groups in total. The Hall–Kier alpha value is -3.38. The number of hydrogen-bond donors (Lipinski definition) is 0. The number of para-hydroxylation sites is 1. The monoisotopic (exact) mass is 420 g/mol. The first kappa shape index (κ1) is 22.3. The van der Waals surface area contributed by atoms with Gasteiger partial charge in [-0.15, -0.1) is 0 Å². The van der Waals surface area contributed by atoms with E-state index in [1.807, 2.05) is 55.5 Å². The van der Waals surface area contributed by atoms with Gasteiger partial charge in [0.15, 0.2) is 0 Å². The molecule has 0 aliphatic heterocycles. The number of carbonyl (C=O) groups is 1. The maximum atomic E-state index is 13.5. The van der Waals surface area contributed by atoms with Crippen LogP contribution in [0.1, 0.15) is 28.4 Å². The van der Waals surface area contributed by atoms with Gasteiger partial charge in [0.1, 0.15) is 17.6 Å². The normalized spacial score (nSPS) is 11.6. The highest BCUT2D eigenvalue weighted by Crippen LogP contribution is 2.23. The Balaban J connectivity index is 1.86. The van der Waals surface area contributed by atoms with Crippen molar-refractivity contribution >= 4 is 5.91 Å². The first-order valence-electron chi connectivity index (χ1n) is 10.2. The summed E-state index contributed by atoms with van der Waals surface area (Å²) in [6, 6.07) is 18.9. The highest BCUT2D eigenvalue weighted by Gasteiger charge is 2.20. The van der Waals surface area contributed by atoms with E-state index in [1.165, 1.54) is 0 Å². The highest BCUT2D eigenvalue weighted by atomic mass is 16.5. The molecule has 1 amide bonds. The van der Waals surface area contributed by atoms with Crippen molar-refractivity contribution in [2.45, 2.75) is 26.1 Å². The predicted octanol–water partition coefficient (Wildman–Crippen LogP) is 4.35. The second-order valence-electron chi connectivity index (χ2n) is 7.25. The van der Waals surface area contributed by atoms with Crippen LogP contribution in [0.3, 0.4) is 0 Å². The molecule has 0 aliphatic carbocycles. The molecule has 0 radical (unpaired) electrons. The number of carbonyl (C=O) groups excluding carboxylic acids is 1. The van der Waals surface area contributed by atoms with E-state index in [0.29, 0.717) is 31.0 Å². The van der Waals surface area contributed by atoms with Crippen LogP contribution in [-0.4, -0.2) is 42.7 Å². The molecule has 1 heterocycles. The van der Waals surface area contributed by atoms with Crippen LogP contribution in [0.5, 0.6) is 11.5 Å². The van der Waals surface area contributed by atoms with Crippen LogP contribution in [0.25, 0.3) is 0 Å². The maximum absolute atomic E-state index is 13.5. The van der Waals surface area contributed by atoms with E-state index in [0.717, 1.165) is 16.9 Å². The molecule has 0 bridgehead atoms. The van der Waals surface area contributed by atoms with Crippen LogP contribution < -0.4 is 9.47 Å². The molecule has 3 aromatic rings. The van der Waals surface area contributed by atoms with Crippen LogP contribution in [0.15, 0.2) is 73.1 Å². The van der Waals surface area contributed by atoms with Crippen LogP contribution >= 0.6 is 0 Å². The molecule has 31 heavy (non-hydrogen) atoms. The lowest BCUT2D eigenvalue weighted by atomic mass is 10.1. The van der Waals surface area contributed by atoms with E-state index in [2.05, 4.69) is 4.98 Å². The first-order chi connectivity index (χ1) is 15.1. The standard InChI is InChI=1S/C25H28N2O4/c1-19(18-29-2)31-22-8-6-7-21(15-22)17-27(16-20-11-13-26-14-12-20)25(28)23-9-4-5-10-24(23)30-3/h4-15,19H,16-18H2,1-3H3. The zero-order valence-electron chi connectivity index (χ0n) is 18.2. The number of nitrogens with zero attached hydrogens (tertiary/aromatic N) is 2. The molecule has 3 rings (SSSR count). The third-order valence-electron chi connectivity index (χ3n) is 4.76. The van der Waals surface area contributed by atoms with E-state index < -0.39 is 0 Å². The molecule has 1 atom stereocenters. The Bertz CT molecular complexity index is 978. The van der Waals surface area contributed by atoms with Crippen LogP contribution in [-0.2, 0) is 17.8 Å². The summed E-state index contributed by atoms with van der Waals surface area (Å²) in [7, 11) is 3.22. The number of ether oxygens (including phenoxy) is 3. The average Bonchev–Trinajstić information content (AvgIpc) is 2.79. The lowest BCUT2D eigenvalue weighted by Crippen LogP contribution is -2.30. The van der Waals surface area contributed by atoms with Crippen LogP contribution in [0.2, 0.25) is 0 Å². The lowest BCUT2D eigenvalue weighted by Gasteiger charge is -2.24. The van der Waals surface area contributed by atoms with Gasteiger partial charge >= 0.3 is 0 Å². The van der Waals surface area contributed by atoms with Gasteiger partial charge in [-0.3, -0.25) is 9.78 Å². The molecule has 0 saturated carbocycles. The third kappa shape index (κ3) is 6.30. The Labute approximate surface area is 183 Å². The largest absolute Gasteiger partial charge is 0.496 e. The SMILES string of the molecule is COCC(C)Oc1cccc(CN(Cc2ccncc2)C(=O)c2ccccc2OC)c1. The minimum atomic E-state index is -0.103. The average molecular weight is 421 g/mol. The molecule has 0 fully saturated rings. The molecule has 2 aromatic carbocycles. The number of methoxy groups -OCH3 is 2. The zero-order chi connectivity index (χ0) is 22.1. The molecule has 6 nitrogen and oxygen atoms in total. The smallest absolute Gasteiger partial charge is 0.258 e. The fourth-order valence-corrected chi connectivity index (χ4v) is 3.34. The van der Waals surface area contributed by atoms with E-state index in [9.17, 15) is 4.79 Å². The Morgan fingerprint density at radius 1 is 0.968 bits per heavy atom. The van der Waals surface area contributed by atoms with E-state index in [-0.39, 0.29) is 12.0 Å². The van der Waals surface area contributed by atoms with Gasteiger partial charge in [-0.2, -0.15) is 0 Å². The summed E-state index contributed by atoms with van der Waals surface area (Å²) >= 11 is 0. The maximum Gasteiger partial charge on any atom is 0.258 e. The molecule has 162 valence electrons.